The second-order valence-electron chi connectivity index (χ2n) is 28.5. The van der Waals surface area contributed by atoms with E-state index >= 15 is 9.59 Å². The molecule has 5 aliphatic rings. The lowest BCUT2D eigenvalue weighted by molar-refractivity contribution is -0.351. The zero-order valence-electron chi connectivity index (χ0n) is 61.4. The molecule has 0 amide bonds. The highest BCUT2D eigenvalue weighted by molar-refractivity contribution is 8.00. The number of aliphatic hydroxyl groups excluding tert-OH is 1. The van der Waals surface area contributed by atoms with Gasteiger partial charge in [-0.15, -0.1) is 11.8 Å². The maximum absolute atomic E-state index is 15.2. The minimum atomic E-state index is -1.79. The summed E-state index contributed by atoms with van der Waals surface area (Å²) in [6.45, 7) is 0.731. The van der Waals surface area contributed by atoms with Gasteiger partial charge in [0.05, 0.1) is 62.9 Å². The van der Waals surface area contributed by atoms with Gasteiger partial charge in [-0.2, -0.15) is 0 Å². The quantitative estimate of drug-likeness (QED) is 0.0299. The predicted molar refractivity (Wildman–Crippen MR) is 407 cm³/mol. The Balaban J connectivity index is 0.927. The first-order chi connectivity index (χ1) is 53.5. The predicted octanol–water partition coefficient (Wildman–Crippen LogP) is 15.0. The van der Waals surface area contributed by atoms with Crippen LogP contribution in [0, 0.1) is 11.8 Å². The molecule has 0 unspecified atom stereocenters. The van der Waals surface area contributed by atoms with Crippen molar-refractivity contribution in [3.63, 3.8) is 0 Å². The summed E-state index contributed by atoms with van der Waals surface area (Å²) >= 11 is 1.59. The van der Waals surface area contributed by atoms with Gasteiger partial charge in [0, 0.05) is 12.2 Å². The molecular formula is C89H98O19S. The number of carbonyl (C=O) groups excluding carboxylic acids is 4. The van der Waals surface area contributed by atoms with Gasteiger partial charge in [-0.3, -0.25) is 4.79 Å². The van der Waals surface area contributed by atoms with Crippen LogP contribution in [0.3, 0.4) is 0 Å². The summed E-state index contributed by atoms with van der Waals surface area (Å²) in [5.74, 6) is -2.24. The molecule has 2 aliphatic carbocycles. The van der Waals surface area contributed by atoms with Crippen LogP contribution in [0.4, 0.5) is 0 Å². The first-order valence-corrected chi connectivity index (χ1v) is 39.2. The smallest absolute Gasteiger partial charge is 0.338 e. The third kappa shape index (κ3) is 22.0. The van der Waals surface area contributed by atoms with E-state index in [1.807, 2.05) is 152 Å². The van der Waals surface area contributed by atoms with Crippen LogP contribution in [0.25, 0.3) is 0 Å². The molecule has 109 heavy (non-hydrogen) atoms. The molecule has 19 nitrogen and oxygen atoms in total. The number of aliphatic hydroxyl groups is 1. The highest BCUT2D eigenvalue weighted by atomic mass is 32.2. The summed E-state index contributed by atoms with van der Waals surface area (Å²) in [7, 11) is 0. The third-order valence-corrected chi connectivity index (χ3v) is 22.5. The second-order valence-corrected chi connectivity index (χ2v) is 29.8. The Hall–Kier alpha value is -8.45. The summed E-state index contributed by atoms with van der Waals surface area (Å²) in [4.78, 5) is 58.0. The number of carbonyl (C=O) groups is 4. The highest BCUT2D eigenvalue weighted by Gasteiger charge is 2.58. The summed E-state index contributed by atoms with van der Waals surface area (Å²) in [5.41, 5.74) is 3.75. The number of hydrogen-bond acceptors (Lipinski definition) is 20. The monoisotopic (exact) mass is 1500 g/mol. The van der Waals surface area contributed by atoms with Crippen molar-refractivity contribution in [1.29, 1.82) is 0 Å². The Kier molecular flexibility index (Phi) is 29.2. The second kappa shape index (κ2) is 40.5. The van der Waals surface area contributed by atoms with Crippen molar-refractivity contribution in [1.82, 2.24) is 0 Å². The number of ether oxygens (including phenoxy) is 14. The van der Waals surface area contributed by atoms with Crippen LogP contribution in [0.1, 0.15) is 130 Å². The van der Waals surface area contributed by atoms with Crippen molar-refractivity contribution in [2.75, 3.05) is 19.8 Å². The van der Waals surface area contributed by atoms with E-state index in [0.29, 0.717) is 0 Å². The maximum Gasteiger partial charge on any atom is 0.338 e. The van der Waals surface area contributed by atoms with Crippen LogP contribution in [-0.2, 0) is 104 Å². The summed E-state index contributed by atoms with van der Waals surface area (Å²) < 4.78 is 97.0. The van der Waals surface area contributed by atoms with Crippen molar-refractivity contribution < 1.29 is 90.6 Å². The molecule has 8 aromatic carbocycles. The van der Waals surface area contributed by atoms with Crippen LogP contribution < -0.4 is 0 Å². The van der Waals surface area contributed by atoms with Gasteiger partial charge in [0.15, 0.2) is 30.9 Å². The van der Waals surface area contributed by atoms with Crippen LogP contribution in [0.5, 0.6) is 0 Å². The van der Waals surface area contributed by atoms with Gasteiger partial charge in [0.25, 0.3) is 0 Å². The average Bonchev–Trinajstić information content (AvgIpc) is 0.770. The molecule has 13 rings (SSSR count). The average molecular weight is 1500 g/mol. The number of thioether (sulfide) groups is 1. The van der Waals surface area contributed by atoms with Gasteiger partial charge < -0.3 is 71.4 Å². The third-order valence-electron chi connectivity index (χ3n) is 20.8. The lowest BCUT2D eigenvalue weighted by atomic mass is 9.77. The largest absolute Gasteiger partial charge is 0.463 e. The van der Waals surface area contributed by atoms with E-state index < -0.39 is 122 Å². The summed E-state index contributed by atoms with van der Waals surface area (Å²) in [5, 5.41) is 13.9. The number of esters is 4. The molecule has 3 saturated heterocycles. The zero-order chi connectivity index (χ0) is 74.9. The fourth-order valence-electron chi connectivity index (χ4n) is 15.2. The van der Waals surface area contributed by atoms with Crippen LogP contribution in [0.15, 0.2) is 243 Å². The molecule has 3 aliphatic heterocycles. The molecule has 20 heteroatoms. The summed E-state index contributed by atoms with van der Waals surface area (Å²) in [6, 6.07) is 73.6. The van der Waals surface area contributed by atoms with Gasteiger partial charge in [0.2, 0.25) is 0 Å². The van der Waals surface area contributed by atoms with Crippen molar-refractivity contribution in [2.45, 2.75) is 201 Å². The van der Waals surface area contributed by atoms with Gasteiger partial charge in [-0.1, -0.05) is 245 Å². The number of hydrogen-bond donors (Lipinski definition) is 1. The van der Waals surface area contributed by atoms with Gasteiger partial charge >= 0.3 is 23.9 Å². The molecule has 0 radical (unpaired) electrons. The van der Waals surface area contributed by atoms with Gasteiger partial charge in [-0.05, 0) is 102 Å². The van der Waals surface area contributed by atoms with E-state index in [1.165, 1.54) is 6.92 Å². The summed E-state index contributed by atoms with van der Waals surface area (Å²) in [6.07, 6.45) is -8.50. The lowest BCUT2D eigenvalue weighted by Gasteiger charge is -2.50. The molecule has 0 aromatic heterocycles. The van der Waals surface area contributed by atoms with Crippen LogP contribution >= 0.6 is 11.8 Å². The van der Waals surface area contributed by atoms with Gasteiger partial charge in [0.1, 0.15) is 67.0 Å². The Labute approximate surface area is 642 Å². The first kappa shape index (κ1) is 78.7. The Morgan fingerprint density at radius 2 is 0.716 bits per heavy atom. The van der Waals surface area contributed by atoms with E-state index in [2.05, 4.69) is 0 Å². The van der Waals surface area contributed by atoms with E-state index in [1.54, 1.807) is 103 Å². The van der Waals surface area contributed by atoms with Crippen molar-refractivity contribution in [2.24, 2.45) is 11.8 Å². The molecule has 2 saturated carbocycles. The molecule has 0 bridgehead atoms. The van der Waals surface area contributed by atoms with Crippen LogP contribution in [0.2, 0.25) is 0 Å². The molecule has 5 fully saturated rings. The molecule has 0 spiro atoms. The van der Waals surface area contributed by atoms with Crippen molar-refractivity contribution in [3.05, 3.63) is 287 Å². The number of benzene rings is 8. The van der Waals surface area contributed by atoms with E-state index in [9.17, 15) is 14.7 Å². The Bertz CT molecular complexity index is 4000. The molecule has 15 atom stereocenters. The lowest BCUT2D eigenvalue weighted by Crippen LogP contribution is -2.66. The fraction of sp³-hybridized carbons (Fsp3) is 0.416. The molecule has 1 N–H and O–H groups in total. The standard InChI is InChI=1S/C89H98O19S/c1-60(90)96-59-73-76(98-54-63-36-16-4-17-37-63)78(99-55-64-38-18-5-19-39-64)80(105-84(92)68-46-26-9-27-47-68)87(102-73)101-58-71-74(91)77(82(107-86(94)70-50-30-11-31-51-70)89(104-71)109-83(66-42-22-7-23-43-66)67-44-24-8-25-45-67)108-88-81(106-85(93)69-48-28-10-29-49-69)79(100-56-65-40-20-6-21-41-65)75(97-53-62-34-14-3-15-35-62)72(103-88)57-95-52-61-32-12-2-13-33-61/h2-6,9-21,26-41,46-51,66-67,71-83,87-89,91H,7-8,22-25,42-45,52-59H2,1H3/t71-,72-,73-,74-,75-,76-,77+,78+,79+,80-,81-,82-,87-,88+,89+/m1/s1. The highest BCUT2D eigenvalue weighted by Crippen LogP contribution is 2.48. The number of rotatable bonds is 33. The SMILES string of the molecule is CC(=O)OC[C@H]1O[C@@H](OC[C@H]2O[C@@H](SC(C3CCCCC3)C3CCCCC3)[C@H](OC(=O)c3ccccc3)[C@@H](O[C@@H]3O[C@H](COCc4ccccc4)[C@@H](OCc4ccccc4)[C@H](OCc4ccccc4)[C@H]3OC(=O)c3ccccc3)[C@@H]2O)[C@H](OC(=O)c2ccccc2)[C@@H](OCc2ccccc2)[C@@H]1OCc1ccccc1. The van der Waals surface area contributed by atoms with Crippen molar-refractivity contribution in [3.8, 4) is 0 Å². The van der Waals surface area contributed by atoms with Gasteiger partial charge in [-0.25, -0.2) is 14.4 Å². The minimum absolute atomic E-state index is 0.00300. The minimum Gasteiger partial charge on any atom is -0.463 e. The molecule has 574 valence electrons. The Morgan fingerprint density at radius 3 is 1.12 bits per heavy atom. The maximum atomic E-state index is 15.2. The van der Waals surface area contributed by atoms with Crippen LogP contribution in [-0.4, -0.2) is 145 Å². The van der Waals surface area contributed by atoms with E-state index in [0.717, 1.165) is 92.0 Å². The molecule has 8 aromatic rings. The Morgan fingerprint density at radius 1 is 0.367 bits per heavy atom. The topological polar surface area (TPSA) is 218 Å². The van der Waals surface area contributed by atoms with E-state index in [4.69, 9.17) is 66.3 Å². The van der Waals surface area contributed by atoms with Crippen molar-refractivity contribution >= 4 is 35.6 Å². The normalized spacial score (nSPS) is 26.1. The fourth-order valence-corrected chi connectivity index (χ4v) is 17.1. The zero-order valence-corrected chi connectivity index (χ0v) is 62.2. The van der Waals surface area contributed by atoms with E-state index in [-0.39, 0.29) is 80.0 Å². The molecular weight excluding hydrogens is 1410 g/mol. The first-order valence-electron chi connectivity index (χ1n) is 38.3. The molecule has 3 heterocycles.